The van der Waals surface area contributed by atoms with E-state index in [1.54, 1.807) is 43.5 Å². The number of aromatic nitrogens is 2. The van der Waals surface area contributed by atoms with Crippen LogP contribution in [-0.4, -0.2) is 51.0 Å². The first-order chi connectivity index (χ1) is 16.3. The molecule has 1 aromatic heterocycles. The van der Waals surface area contributed by atoms with E-state index in [2.05, 4.69) is 15.3 Å². The van der Waals surface area contributed by atoms with Gasteiger partial charge in [0.2, 0.25) is 5.95 Å². The Balaban J connectivity index is 1.43. The molecule has 2 aliphatic heterocycles. The van der Waals surface area contributed by atoms with Crippen molar-refractivity contribution in [2.75, 3.05) is 36.2 Å². The Labute approximate surface area is 204 Å². The van der Waals surface area contributed by atoms with Crippen LogP contribution in [0.4, 0.5) is 17.5 Å². The number of nitrogens with zero attached hydrogens (tertiary/aromatic N) is 3. The normalized spacial score (nSPS) is 18.2. The van der Waals surface area contributed by atoms with E-state index in [0.717, 1.165) is 5.69 Å². The number of β-amino-alcohol motifs (C(OH)–C–C–N with tert-alkyl or cyclic N) is 1. The number of nitrogens with one attached hydrogen (secondary N) is 1. The lowest BCUT2D eigenvalue weighted by atomic mass is 9.86. The maximum absolute atomic E-state index is 12.6. The third-order valence-corrected chi connectivity index (χ3v) is 7.84. The highest BCUT2D eigenvalue weighted by molar-refractivity contribution is 7.85. The summed E-state index contributed by atoms with van der Waals surface area (Å²) < 4.78 is 17.8. The van der Waals surface area contributed by atoms with Gasteiger partial charge < -0.3 is 20.1 Å². The number of Topliss-reactive ketones (excluding diaryl/α,β-unsaturated/α-hetero) is 1. The van der Waals surface area contributed by atoms with E-state index in [4.69, 9.17) is 16.3 Å². The highest BCUT2D eigenvalue weighted by Gasteiger charge is 2.45. The van der Waals surface area contributed by atoms with Crippen molar-refractivity contribution >= 4 is 45.6 Å². The fourth-order valence-corrected chi connectivity index (χ4v) is 5.79. The van der Waals surface area contributed by atoms with Gasteiger partial charge in [0.1, 0.15) is 16.2 Å². The van der Waals surface area contributed by atoms with Crippen LogP contribution in [0.15, 0.2) is 47.4 Å². The molecule has 0 radical (unpaired) electrons. The van der Waals surface area contributed by atoms with E-state index >= 15 is 0 Å². The summed E-state index contributed by atoms with van der Waals surface area (Å²) in [6, 6.07) is 12.3. The summed E-state index contributed by atoms with van der Waals surface area (Å²) in [6.45, 7) is 2.09. The van der Waals surface area contributed by atoms with Crippen LogP contribution in [-0.2, 0) is 22.8 Å². The molecule has 0 amide bonds. The molecule has 2 N–H and O–H groups in total. The monoisotopic (exact) mass is 498 g/mol. The summed E-state index contributed by atoms with van der Waals surface area (Å²) in [5, 5.41) is 14.8. The van der Waals surface area contributed by atoms with Gasteiger partial charge in [-0.1, -0.05) is 29.8 Å². The molecule has 10 heteroatoms. The second-order valence-electron chi connectivity index (χ2n) is 8.45. The van der Waals surface area contributed by atoms with Crippen molar-refractivity contribution in [3.63, 3.8) is 0 Å². The number of carbonyl (C=O) groups is 1. The van der Waals surface area contributed by atoms with Crippen LogP contribution in [0.5, 0.6) is 5.75 Å². The van der Waals surface area contributed by atoms with Gasteiger partial charge in [-0.2, -0.15) is 4.98 Å². The molecule has 3 heterocycles. The first-order valence-corrected chi connectivity index (χ1v) is 12.5. The lowest BCUT2D eigenvalue weighted by Gasteiger charge is -2.47. The molecule has 3 aromatic rings. The predicted molar refractivity (Wildman–Crippen MR) is 131 cm³/mol. The zero-order valence-electron chi connectivity index (χ0n) is 18.7. The van der Waals surface area contributed by atoms with Gasteiger partial charge in [0.15, 0.2) is 11.6 Å². The number of hydrogen-bond donors (Lipinski definition) is 2. The van der Waals surface area contributed by atoms with Gasteiger partial charge in [-0.05, 0) is 36.8 Å². The van der Waals surface area contributed by atoms with E-state index < -0.39 is 16.4 Å². The lowest BCUT2D eigenvalue weighted by Crippen LogP contribution is -2.60. The fourth-order valence-electron chi connectivity index (χ4n) is 4.23. The Hall–Kier alpha value is -3.01. The smallest absolute Gasteiger partial charge is 0.227 e. The molecule has 2 aromatic carbocycles. The van der Waals surface area contributed by atoms with Crippen LogP contribution < -0.4 is 15.0 Å². The molecule has 1 saturated heterocycles. The zero-order valence-corrected chi connectivity index (χ0v) is 20.2. The van der Waals surface area contributed by atoms with Crippen molar-refractivity contribution in [1.82, 2.24) is 9.97 Å². The highest BCUT2D eigenvalue weighted by atomic mass is 35.5. The van der Waals surface area contributed by atoms with Crippen molar-refractivity contribution in [2.24, 2.45) is 0 Å². The number of benzene rings is 2. The average molecular weight is 499 g/mol. The van der Waals surface area contributed by atoms with E-state index in [1.807, 2.05) is 11.0 Å². The maximum Gasteiger partial charge on any atom is 0.227 e. The Bertz CT molecular complexity index is 1330. The van der Waals surface area contributed by atoms with Crippen molar-refractivity contribution in [2.45, 2.75) is 23.8 Å². The molecule has 1 atom stereocenters. The Kier molecular flexibility index (Phi) is 5.79. The Morgan fingerprint density at radius 3 is 2.74 bits per heavy atom. The SMILES string of the molecule is COc1ccc(C2(O)CN(c3nc4c(c(Nc5cccc(C(C)=O)c5)n3)S(=O)CC4)C2)cc1Cl. The van der Waals surface area contributed by atoms with Crippen LogP contribution in [0.25, 0.3) is 0 Å². The van der Waals surface area contributed by atoms with Gasteiger partial charge in [0, 0.05) is 23.4 Å². The quantitative estimate of drug-likeness (QED) is 0.498. The highest BCUT2D eigenvalue weighted by Crippen LogP contribution is 2.39. The topological polar surface area (TPSA) is 105 Å². The minimum Gasteiger partial charge on any atom is -0.495 e. The minimum atomic E-state index is -1.20. The van der Waals surface area contributed by atoms with Gasteiger partial charge in [0.25, 0.3) is 0 Å². The van der Waals surface area contributed by atoms with Crippen LogP contribution in [0.2, 0.25) is 5.02 Å². The molecule has 2 aliphatic rings. The van der Waals surface area contributed by atoms with E-state index in [0.29, 0.717) is 56.4 Å². The second-order valence-corrected chi connectivity index (χ2v) is 10.4. The summed E-state index contributed by atoms with van der Waals surface area (Å²) in [5.41, 5.74) is 1.58. The molecule has 1 fully saturated rings. The van der Waals surface area contributed by atoms with Crippen LogP contribution in [0.1, 0.15) is 28.5 Å². The number of rotatable bonds is 6. The van der Waals surface area contributed by atoms with Gasteiger partial charge in [0.05, 0.1) is 41.7 Å². The van der Waals surface area contributed by atoms with E-state index in [1.165, 1.54) is 6.92 Å². The summed E-state index contributed by atoms with van der Waals surface area (Å²) in [4.78, 5) is 23.5. The number of hydrogen-bond acceptors (Lipinski definition) is 8. The van der Waals surface area contributed by atoms with Gasteiger partial charge in [-0.3, -0.25) is 9.00 Å². The number of aliphatic hydroxyl groups is 1. The standard InChI is InChI=1S/C24H23ClN4O4S/c1-14(30)15-4-3-5-17(10-15)26-22-21-19(8-9-34(21)32)27-23(28-22)29-12-24(31,13-29)16-6-7-20(33-2)18(25)11-16/h3-7,10-11,31H,8-9,12-13H2,1-2H3,(H,26,27,28). The van der Waals surface area contributed by atoms with Gasteiger partial charge in [-0.15, -0.1) is 0 Å². The number of carbonyl (C=O) groups excluding carboxylic acids is 1. The van der Waals surface area contributed by atoms with Crippen molar-refractivity contribution in [3.8, 4) is 5.75 Å². The minimum absolute atomic E-state index is 0.0423. The molecule has 34 heavy (non-hydrogen) atoms. The number of fused-ring (bicyclic) bond motifs is 1. The fraction of sp³-hybridized carbons (Fsp3) is 0.292. The molecule has 5 rings (SSSR count). The molecule has 0 saturated carbocycles. The van der Waals surface area contributed by atoms with Crippen molar-refractivity contribution in [1.29, 1.82) is 0 Å². The second kappa shape index (κ2) is 8.65. The van der Waals surface area contributed by atoms with Crippen molar-refractivity contribution < 1.29 is 18.8 Å². The van der Waals surface area contributed by atoms with Crippen LogP contribution in [0, 0.1) is 0 Å². The van der Waals surface area contributed by atoms with Crippen LogP contribution >= 0.6 is 11.6 Å². The number of aryl methyl sites for hydroxylation is 1. The summed E-state index contributed by atoms with van der Waals surface area (Å²) >= 11 is 6.24. The first-order valence-electron chi connectivity index (χ1n) is 10.8. The van der Waals surface area contributed by atoms with Gasteiger partial charge in [-0.25, -0.2) is 4.98 Å². The molecule has 1 unspecified atom stereocenters. The molecular weight excluding hydrogens is 476 g/mol. The lowest BCUT2D eigenvalue weighted by molar-refractivity contribution is 0.00648. The molecular formula is C24H23ClN4O4S. The number of ether oxygens (including phenoxy) is 1. The Morgan fingerprint density at radius 2 is 2.03 bits per heavy atom. The zero-order chi connectivity index (χ0) is 24.0. The van der Waals surface area contributed by atoms with Crippen LogP contribution in [0.3, 0.4) is 0 Å². The summed E-state index contributed by atoms with van der Waals surface area (Å²) in [7, 11) is 0.340. The molecule has 0 bridgehead atoms. The van der Waals surface area contributed by atoms with Crippen molar-refractivity contribution in [3.05, 3.63) is 64.3 Å². The third kappa shape index (κ3) is 4.04. The average Bonchev–Trinajstić information content (AvgIpc) is 3.18. The third-order valence-electron chi connectivity index (χ3n) is 6.08. The molecule has 0 spiro atoms. The summed E-state index contributed by atoms with van der Waals surface area (Å²) in [5.74, 6) is 1.90. The Morgan fingerprint density at radius 1 is 1.24 bits per heavy atom. The van der Waals surface area contributed by atoms with E-state index in [9.17, 15) is 14.1 Å². The first kappa shape index (κ1) is 22.8. The molecule has 0 aliphatic carbocycles. The molecule has 8 nitrogen and oxygen atoms in total. The van der Waals surface area contributed by atoms with E-state index in [-0.39, 0.29) is 18.9 Å². The largest absolute Gasteiger partial charge is 0.495 e. The van der Waals surface area contributed by atoms with Gasteiger partial charge >= 0.3 is 0 Å². The summed E-state index contributed by atoms with van der Waals surface area (Å²) in [6.07, 6.45) is 0.589. The number of halogens is 1. The predicted octanol–water partition coefficient (Wildman–Crippen LogP) is 3.46. The number of methoxy groups -OCH3 is 1. The number of ketones is 1. The number of anilines is 3. The molecule has 176 valence electrons. The maximum atomic E-state index is 12.6.